The highest BCUT2D eigenvalue weighted by Gasteiger charge is 2.37. The summed E-state index contributed by atoms with van der Waals surface area (Å²) in [7, 11) is 0. The number of hydrogen-bond acceptors (Lipinski definition) is 1. The molecule has 0 aliphatic heterocycles. The molecule has 150 valence electrons. The highest BCUT2D eigenvalue weighted by molar-refractivity contribution is 6.02. The third-order valence-corrected chi connectivity index (χ3v) is 3.89. The van der Waals surface area contributed by atoms with E-state index in [9.17, 15) is 31.1 Å². The molecule has 0 heterocycles. The summed E-state index contributed by atoms with van der Waals surface area (Å²) in [6.45, 7) is 4.03. The van der Waals surface area contributed by atoms with Gasteiger partial charge in [-0.25, -0.2) is 0 Å². The van der Waals surface area contributed by atoms with Gasteiger partial charge in [0.15, 0.2) is 0 Å². The van der Waals surface area contributed by atoms with Gasteiger partial charge in [0.25, 0.3) is 0 Å². The van der Waals surface area contributed by atoms with Gasteiger partial charge in [-0.1, -0.05) is 38.1 Å². The van der Waals surface area contributed by atoms with E-state index in [-0.39, 0.29) is 6.07 Å². The maximum Gasteiger partial charge on any atom is 0.416 e. The van der Waals surface area contributed by atoms with Gasteiger partial charge >= 0.3 is 12.4 Å². The van der Waals surface area contributed by atoms with Crippen molar-refractivity contribution < 1.29 is 31.1 Å². The number of benzene rings is 2. The van der Waals surface area contributed by atoms with Crippen molar-refractivity contribution in [3.8, 4) is 0 Å². The molecule has 0 unspecified atom stereocenters. The van der Waals surface area contributed by atoms with Crippen LogP contribution < -0.4 is 5.32 Å². The van der Waals surface area contributed by atoms with Gasteiger partial charge in [-0.3, -0.25) is 4.79 Å². The molecule has 0 radical (unpaired) electrons. The molecule has 28 heavy (non-hydrogen) atoms. The van der Waals surface area contributed by atoms with E-state index in [4.69, 9.17) is 0 Å². The Labute approximate surface area is 157 Å². The lowest BCUT2D eigenvalue weighted by Gasteiger charge is -2.14. The summed E-state index contributed by atoms with van der Waals surface area (Å²) in [5.74, 6) is -0.523. The SMILES string of the molecule is CC(C)c1ccc(/C=C/C(=O)Nc2cc(C(F)(F)F)cc(C(F)(F)F)c2)cc1. The van der Waals surface area contributed by atoms with Crippen LogP contribution in [0, 0.1) is 0 Å². The number of rotatable bonds is 4. The summed E-state index contributed by atoms with van der Waals surface area (Å²) < 4.78 is 77.0. The molecular formula is C20H17F6NO. The summed E-state index contributed by atoms with van der Waals surface area (Å²) in [4.78, 5) is 11.9. The fourth-order valence-corrected chi connectivity index (χ4v) is 2.37. The number of nitrogens with one attached hydrogen (secondary N) is 1. The van der Waals surface area contributed by atoms with Crippen LogP contribution in [0.3, 0.4) is 0 Å². The van der Waals surface area contributed by atoms with Crippen molar-refractivity contribution in [2.24, 2.45) is 0 Å². The molecule has 0 saturated carbocycles. The van der Waals surface area contributed by atoms with Crippen molar-refractivity contribution in [3.05, 3.63) is 70.8 Å². The largest absolute Gasteiger partial charge is 0.416 e. The zero-order valence-corrected chi connectivity index (χ0v) is 14.9. The molecule has 0 fully saturated rings. The Morgan fingerprint density at radius 1 is 0.893 bits per heavy atom. The number of carbonyl (C=O) groups excluding carboxylic acids is 1. The van der Waals surface area contributed by atoms with Gasteiger partial charge in [0.2, 0.25) is 5.91 Å². The summed E-state index contributed by atoms with van der Waals surface area (Å²) in [5.41, 5.74) is -1.83. The van der Waals surface area contributed by atoms with Crippen LogP contribution in [0.2, 0.25) is 0 Å². The molecule has 1 amide bonds. The first kappa shape index (κ1) is 21.5. The fourth-order valence-electron chi connectivity index (χ4n) is 2.37. The van der Waals surface area contributed by atoms with Crippen LogP contribution in [-0.2, 0) is 17.1 Å². The Hall–Kier alpha value is -2.77. The average Bonchev–Trinajstić information content (AvgIpc) is 2.58. The quantitative estimate of drug-likeness (QED) is 0.460. The Kier molecular flexibility index (Phi) is 6.21. The van der Waals surface area contributed by atoms with Gasteiger partial charge in [0, 0.05) is 11.8 Å². The first-order valence-electron chi connectivity index (χ1n) is 8.25. The number of amides is 1. The predicted octanol–water partition coefficient (Wildman–Crippen LogP) is 6.50. The monoisotopic (exact) mass is 401 g/mol. The van der Waals surface area contributed by atoms with Crippen LogP contribution in [0.15, 0.2) is 48.5 Å². The summed E-state index contributed by atoms with van der Waals surface area (Å²) >= 11 is 0. The molecule has 1 N–H and O–H groups in total. The summed E-state index contributed by atoms with van der Waals surface area (Å²) in [6.07, 6.45) is -7.50. The maximum absolute atomic E-state index is 12.8. The topological polar surface area (TPSA) is 29.1 Å². The van der Waals surface area contributed by atoms with E-state index >= 15 is 0 Å². The molecule has 0 aliphatic rings. The third kappa shape index (κ3) is 5.87. The number of halogens is 6. The Morgan fingerprint density at radius 2 is 1.39 bits per heavy atom. The highest BCUT2D eigenvalue weighted by atomic mass is 19.4. The third-order valence-electron chi connectivity index (χ3n) is 3.89. The van der Waals surface area contributed by atoms with Gasteiger partial charge in [0.05, 0.1) is 11.1 Å². The Balaban J connectivity index is 2.20. The fraction of sp³-hybridized carbons (Fsp3) is 0.250. The second-order valence-electron chi connectivity index (χ2n) is 6.44. The minimum absolute atomic E-state index is 0.00176. The van der Waals surface area contributed by atoms with Gasteiger partial charge in [-0.15, -0.1) is 0 Å². The summed E-state index contributed by atoms with van der Waals surface area (Å²) in [5, 5.41) is 2.04. The molecule has 0 saturated heterocycles. The number of alkyl halides is 6. The minimum Gasteiger partial charge on any atom is -0.322 e. The second kappa shape index (κ2) is 8.08. The van der Waals surface area contributed by atoms with E-state index in [1.807, 2.05) is 31.3 Å². The van der Waals surface area contributed by atoms with Crippen molar-refractivity contribution in [1.82, 2.24) is 0 Å². The van der Waals surface area contributed by atoms with Crippen LogP contribution in [0.4, 0.5) is 32.0 Å². The first-order chi connectivity index (χ1) is 12.9. The van der Waals surface area contributed by atoms with E-state index in [2.05, 4.69) is 0 Å². The average molecular weight is 401 g/mol. The molecule has 0 aromatic heterocycles. The van der Waals surface area contributed by atoms with E-state index in [0.29, 0.717) is 23.6 Å². The molecule has 2 nitrogen and oxygen atoms in total. The van der Waals surface area contributed by atoms with Crippen molar-refractivity contribution >= 4 is 17.7 Å². The molecule has 0 aliphatic carbocycles. The zero-order chi connectivity index (χ0) is 21.1. The number of anilines is 1. The lowest BCUT2D eigenvalue weighted by molar-refractivity contribution is -0.143. The molecule has 2 rings (SSSR count). The molecule has 0 atom stereocenters. The van der Waals surface area contributed by atoms with Gasteiger partial charge in [-0.2, -0.15) is 26.3 Å². The Bertz CT molecular complexity index is 831. The minimum atomic E-state index is -4.98. The molecular weight excluding hydrogens is 384 g/mol. The molecule has 0 bridgehead atoms. The Morgan fingerprint density at radius 3 is 1.82 bits per heavy atom. The van der Waals surface area contributed by atoms with Crippen molar-refractivity contribution in [1.29, 1.82) is 0 Å². The lowest BCUT2D eigenvalue weighted by Crippen LogP contribution is -2.14. The lowest BCUT2D eigenvalue weighted by atomic mass is 10.0. The van der Waals surface area contributed by atoms with E-state index in [1.165, 1.54) is 6.08 Å². The molecule has 0 spiro atoms. The highest BCUT2D eigenvalue weighted by Crippen LogP contribution is 2.37. The van der Waals surface area contributed by atoms with Crippen LogP contribution in [0.1, 0.15) is 42.0 Å². The van der Waals surface area contributed by atoms with Crippen LogP contribution in [0.25, 0.3) is 6.08 Å². The maximum atomic E-state index is 12.8. The van der Waals surface area contributed by atoms with Crippen LogP contribution in [-0.4, -0.2) is 5.91 Å². The number of carbonyl (C=O) groups is 1. The second-order valence-corrected chi connectivity index (χ2v) is 6.44. The molecule has 2 aromatic rings. The predicted molar refractivity (Wildman–Crippen MR) is 94.6 cm³/mol. The van der Waals surface area contributed by atoms with Crippen LogP contribution in [0.5, 0.6) is 0 Å². The van der Waals surface area contributed by atoms with Gasteiger partial charge < -0.3 is 5.32 Å². The number of hydrogen-bond donors (Lipinski definition) is 1. The standard InChI is InChI=1S/C20H17F6NO/c1-12(2)14-6-3-13(4-7-14)5-8-18(28)27-17-10-15(19(21,22)23)9-16(11-17)20(24,25)26/h3-12H,1-2H3,(H,27,28)/b8-5+. The summed E-state index contributed by atoms with van der Waals surface area (Å²) in [6, 6.07) is 8.16. The zero-order valence-electron chi connectivity index (χ0n) is 14.9. The van der Waals surface area contributed by atoms with Gasteiger partial charge in [0.1, 0.15) is 0 Å². The van der Waals surface area contributed by atoms with Crippen molar-refractivity contribution in [2.45, 2.75) is 32.1 Å². The molecule has 2 aromatic carbocycles. The van der Waals surface area contributed by atoms with Gasteiger partial charge in [-0.05, 0) is 41.3 Å². The smallest absolute Gasteiger partial charge is 0.322 e. The van der Waals surface area contributed by atoms with E-state index in [1.54, 1.807) is 12.1 Å². The van der Waals surface area contributed by atoms with Crippen LogP contribution >= 0.6 is 0 Å². The van der Waals surface area contributed by atoms with Crippen molar-refractivity contribution in [3.63, 3.8) is 0 Å². The molecule has 8 heteroatoms. The van der Waals surface area contributed by atoms with E-state index in [0.717, 1.165) is 11.6 Å². The van der Waals surface area contributed by atoms with E-state index < -0.39 is 35.1 Å². The normalized spacial score (nSPS) is 12.6. The first-order valence-corrected chi connectivity index (χ1v) is 8.25. The van der Waals surface area contributed by atoms with Crippen molar-refractivity contribution in [2.75, 3.05) is 5.32 Å².